The molecule has 0 rings (SSSR count). The Bertz CT molecular complexity index is 235. The Kier molecular flexibility index (Phi) is 3.49. The van der Waals surface area contributed by atoms with Crippen molar-refractivity contribution >= 4 is 5.78 Å². The molecule has 0 N–H and O–H groups in total. The predicted molar refractivity (Wildman–Crippen MR) is 40.1 cm³/mol. The highest BCUT2D eigenvalue weighted by Crippen LogP contribution is 2.51. The fourth-order valence-electron chi connectivity index (χ4n) is 1.02. The number of ketones is 1. The Balaban J connectivity index is 5.54. The van der Waals surface area contributed by atoms with Gasteiger partial charge in [0.2, 0.25) is 5.41 Å². The zero-order chi connectivity index (χ0) is 12.7. The van der Waals surface area contributed by atoms with Crippen LogP contribution >= 0.6 is 0 Å². The van der Waals surface area contributed by atoms with Gasteiger partial charge in [0.05, 0.1) is 0 Å². The summed E-state index contributed by atoms with van der Waals surface area (Å²) in [4.78, 5) is 11.0. The minimum Gasteiger partial charge on any atom is -0.298 e. The minimum atomic E-state index is -5.63. The lowest BCUT2D eigenvalue weighted by Gasteiger charge is -2.33. The third-order valence-electron chi connectivity index (χ3n) is 2.15. The second-order valence-electron chi connectivity index (χ2n) is 3.64. The van der Waals surface area contributed by atoms with Crippen LogP contribution in [-0.2, 0) is 4.79 Å². The van der Waals surface area contributed by atoms with E-state index in [1.807, 2.05) is 0 Å². The van der Waals surface area contributed by atoms with Crippen LogP contribution in [0.3, 0.4) is 0 Å². The molecule has 0 spiro atoms. The minimum absolute atomic E-state index is 0.130. The topological polar surface area (TPSA) is 17.1 Å². The molecule has 15 heavy (non-hydrogen) atoms. The third kappa shape index (κ3) is 2.26. The van der Waals surface area contributed by atoms with E-state index >= 15 is 0 Å². The van der Waals surface area contributed by atoms with Crippen molar-refractivity contribution in [1.82, 2.24) is 0 Å². The molecule has 0 aromatic heterocycles. The van der Waals surface area contributed by atoms with Gasteiger partial charge < -0.3 is 0 Å². The van der Waals surface area contributed by atoms with E-state index in [0.717, 1.165) is 13.8 Å². The van der Waals surface area contributed by atoms with E-state index in [-0.39, 0.29) is 6.92 Å². The molecule has 0 amide bonds. The molecule has 0 heterocycles. The number of alkyl halides is 6. The van der Waals surface area contributed by atoms with Crippen LogP contribution in [0.25, 0.3) is 0 Å². The van der Waals surface area contributed by atoms with Crippen molar-refractivity contribution in [2.45, 2.75) is 33.1 Å². The van der Waals surface area contributed by atoms with Crippen LogP contribution in [-0.4, -0.2) is 18.1 Å². The maximum Gasteiger partial charge on any atom is 0.409 e. The highest BCUT2D eigenvalue weighted by molar-refractivity contribution is 5.87. The first kappa shape index (κ1) is 14.2. The first-order chi connectivity index (χ1) is 6.35. The molecule has 0 atom stereocenters. The first-order valence-corrected chi connectivity index (χ1v) is 4.03. The second kappa shape index (κ2) is 3.68. The number of carbonyl (C=O) groups excluding carboxylic acids is 1. The van der Waals surface area contributed by atoms with Crippen molar-refractivity contribution in [1.29, 1.82) is 0 Å². The molecule has 0 bridgehead atoms. The lowest BCUT2D eigenvalue weighted by atomic mass is 9.79. The quantitative estimate of drug-likeness (QED) is 0.672. The highest BCUT2D eigenvalue weighted by Gasteiger charge is 2.71. The van der Waals surface area contributed by atoms with Gasteiger partial charge in [-0.1, -0.05) is 13.8 Å². The van der Waals surface area contributed by atoms with E-state index in [2.05, 4.69) is 0 Å². The summed E-state index contributed by atoms with van der Waals surface area (Å²) >= 11 is 0. The molecule has 0 unspecified atom stereocenters. The fourth-order valence-corrected chi connectivity index (χ4v) is 1.02. The highest BCUT2D eigenvalue weighted by atomic mass is 19.4. The van der Waals surface area contributed by atoms with E-state index in [1.54, 1.807) is 0 Å². The molecule has 0 radical (unpaired) electrons. The molecule has 0 aliphatic heterocycles. The summed E-state index contributed by atoms with van der Waals surface area (Å²) in [5.41, 5.74) is -4.28. The standard InChI is InChI=1S/C8H10F6O/c1-4(2)5(15)6(3,7(9,10)11)8(12,13)14/h4H,1-3H3. The summed E-state index contributed by atoms with van der Waals surface area (Å²) in [5.74, 6) is -3.21. The maximum atomic E-state index is 12.3. The van der Waals surface area contributed by atoms with Crippen molar-refractivity contribution in [2.24, 2.45) is 11.3 Å². The number of carbonyl (C=O) groups is 1. The lowest BCUT2D eigenvalue weighted by Crippen LogP contribution is -2.54. The van der Waals surface area contributed by atoms with Gasteiger partial charge in [0.25, 0.3) is 0 Å². The number of halogens is 6. The van der Waals surface area contributed by atoms with E-state index in [9.17, 15) is 31.1 Å². The number of Topliss-reactive ketones (excluding diaryl/α,β-unsaturated/α-hetero) is 1. The number of hydrogen-bond donors (Lipinski definition) is 0. The molecule has 90 valence electrons. The van der Waals surface area contributed by atoms with Gasteiger partial charge in [0, 0.05) is 5.92 Å². The van der Waals surface area contributed by atoms with Crippen LogP contribution in [0.2, 0.25) is 0 Å². The Morgan fingerprint density at radius 3 is 1.27 bits per heavy atom. The molecular formula is C8H10F6O. The zero-order valence-corrected chi connectivity index (χ0v) is 8.25. The summed E-state index contributed by atoms with van der Waals surface area (Å²) in [6.07, 6.45) is -11.3. The SMILES string of the molecule is CC(C)C(=O)C(C)(C(F)(F)F)C(F)(F)F. The van der Waals surface area contributed by atoms with Gasteiger partial charge in [-0.05, 0) is 6.92 Å². The molecule has 0 fully saturated rings. The number of hydrogen-bond acceptors (Lipinski definition) is 1. The Labute approximate surface area is 82.4 Å². The molecule has 0 saturated carbocycles. The van der Waals surface area contributed by atoms with E-state index in [0.29, 0.717) is 0 Å². The molecule has 0 aromatic rings. The number of rotatable bonds is 2. The maximum absolute atomic E-state index is 12.3. The van der Waals surface area contributed by atoms with E-state index in [1.165, 1.54) is 0 Å². The Morgan fingerprint density at radius 1 is 0.933 bits per heavy atom. The normalized spacial score (nSPS) is 14.5. The van der Waals surface area contributed by atoms with Crippen LogP contribution in [0.5, 0.6) is 0 Å². The van der Waals surface area contributed by atoms with Crippen molar-refractivity contribution in [2.75, 3.05) is 0 Å². The van der Waals surface area contributed by atoms with Crippen molar-refractivity contribution < 1.29 is 31.1 Å². The second-order valence-corrected chi connectivity index (χ2v) is 3.64. The van der Waals surface area contributed by atoms with Gasteiger partial charge in [-0.2, -0.15) is 26.3 Å². The molecule has 0 aromatic carbocycles. The average Bonchev–Trinajstić information content (AvgIpc) is 1.96. The summed E-state index contributed by atoms with van der Waals surface area (Å²) < 4.78 is 73.6. The molecule has 1 nitrogen and oxygen atoms in total. The zero-order valence-electron chi connectivity index (χ0n) is 8.25. The van der Waals surface area contributed by atoms with Crippen molar-refractivity contribution in [3.8, 4) is 0 Å². The Hall–Kier alpha value is -0.750. The van der Waals surface area contributed by atoms with Gasteiger partial charge in [0.1, 0.15) is 0 Å². The van der Waals surface area contributed by atoms with Gasteiger partial charge in [-0.15, -0.1) is 0 Å². The van der Waals surface area contributed by atoms with Gasteiger partial charge in [-0.3, -0.25) is 4.79 Å². The van der Waals surface area contributed by atoms with Crippen LogP contribution < -0.4 is 0 Å². The largest absolute Gasteiger partial charge is 0.409 e. The predicted octanol–water partition coefficient (Wildman–Crippen LogP) is 3.34. The fraction of sp³-hybridized carbons (Fsp3) is 0.875. The molecule has 7 heteroatoms. The molecule has 0 aliphatic carbocycles. The van der Waals surface area contributed by atoms with E-state index < -0.39 is 29.5 Å². The van der Waals surface area contributed by atoms with Crippen molar-refractivity contribution in [3.63, 3.8) is 0 Å². The summed E-state index contributed by atoms with van der Waals surface area (Å²) in [6, 6.07) is 0. The van der Waals surface area contributed by atoms with Gasteiger partial charge >= 0.3 is 12.4 Å². The van der Waals surface area contributed by atoms with Crippen molar-refractivity contribution in [3.05, 3.63) is 0 Å². The smallest absolute Gasteiger partial charge is 0.298 e. The van der Waals surface area contributed by atoms with Crippen LogP contribution in [0.1, 0.15) is 20.8 Å². The van der Waals surface area contributed by atoms with E-state index in [4.69, 9.17) is 0 Å². The molecule has 0 saturated heterocycles. The summed E-state index contributed by atoms with van der Waals surface area (Å²) in [6.45, 7) is 1.87. The van der Waals surface area contributed by atoms with Crippen LogP contribution in [0, 0.1) is 11.3 Å². The molecular weight excluding hydrogens is 226 g/mol. The third-order valence-corrected chi connectivity index (χ3v) is 2.15. The molecule has 0 aliphatic rings. The van der Waals surface area contributed by atoms with Crippen LogP contribution in [0.4, 0.5) is 26.3 Å². The average molecular weight is 236 g/mol. The van der Waals surface area contributed by atoms with Gasteiger partial charge in [-0.25, -0.2) is 0 Å². The first-order valence-electron chi connectivity index (χ1n) is 4.03. The monoisotopic (exact) mass is 236 g/mol. The summed E-state index contributed by atoms with van der Waals surface area (Å²) in [7, 11) is 0. The van der Waals surface area contributed by atoms with Gasteiger partial charge in [0.15, 0.2) is 5.78 Å². The lowest BCUT2D eigenvalue weighted by molar-refractivity contribution is -0.319. The summed E-state index contributed by atoms with van der Waals surface area (Å²) in [5, 5.41) is 0. The van der Waals surface area contributed by atoms with Crippen LogP contribution in [0.15, 0.2) is 0 Å². The Morgan fingerprint density at radius 2 is 1.20 bits per heavy atom.